The quantitative estimate of drug-likeness (QED) is 0.640. The van der Waals surface area contributed by atoms with E-state index in [-0.39, 0.29) is 24.0 Å². The van der Waals surface area contributed by atoms with E-state index in [1.54, 1.807) is 0 Å². The van der Waals surface area contributed by atoms with Crippen molar-refractivity contribution in [1.82, 2.24) is 0 Å². The fraction of sp³-hybridized carbons (Fsp3) is 0.167. The van der Waals surface area contributed by atoms with Crippen LogP contribution in [0.5, 0.6) is 0 Å². The van der Waals surface area contributed by atoms with Gasteiger partial charge in [0.05, 0.1) is 0 Å². The topological polar surface area (TPSA) is 0 Å². The summed E-state index contributed by atoms with van der Waals surface area (Å²) < 4.78 is 0. The number of hydrogen-bond donors (Lipinski definition) is 0. The Morgan fingerprint density at radius 1 is 0.692 bits per heavy atom. The minimum absolute atomic E-state index is 0. The molecule has 0 nitrogen and oxygen atoms in total. The number of hydrogen-bond acceptors (Lipinski definition) is 0. The molecular formula is C12H13I. The van der Waals surface area contributed by atoms with E-state index in [1.165, 1.54) is 21.9 Å². The van der Waals surface area contributed by atoms with Gasteiger partial charge in [-0.2, -0.15) is 0 Å². The maximum atomic E-state index is 2.18. The van der Waals surface area contributed by atoms with Crippen LogP contribution in [0.15, 0.2) is 36.4 Å². The molecule has 0 atom stereocenters. The van der Waals surface area contributed by atoms with Crippen LogP contribution in [0.2, 0.25) is 0 Å². The van der Waals surface area contributed by atoms with Gasteiger partial charge in [-0.3, -0.25) is 0 Å². The lowest BCUT2D eigenvalue weighted by atomic mass is 10.0. The summed E-state index contributed by atoms with van der Waals surface area (Å²) in [5.74, 6) is 0. The fourth-order valence-corrected chi connectivity index (χ4v) is 1.60. The summed E-state index contributed by atoms with van der Waals surface area (Å²) in [5, 5.41) is 2.75. The molecular weight excluding hydrogens is 271 g/mol. The van der Waals surface area contributed by atoms with Crippen LogP contribution in [0, 0.1) is 13.8 Å². The van der Waals surface area contributed by atoms with E-state index in [2.05, 4.69) is 50.2 Å². The molecule has 0 N–H and O–H groups in total. The first kappa shape index (κ1) is 10.5. The van der Waals surface area contributed by atoms with Crippen LogP contribution in [-0.4, -0.2) is 0 Å². The molecule has 0 amide bonds. The predicted octanol–water partition coefficient (Wildman–Crippen LogP) is 4.07. The van der Waals surface area contributed by atoms with Crippen molar-refractivity contribution in [2.45, 2.75) is 13.8 Å². The van der Waals surface area contributed by atoms with Crippen molar-refractivity contribution in [2.24, 2.45) is 0 Å². The second-order valence-electron chi connectivity index (χ2n) is 3.24. The number of aryl methyl sites for hydroxylation is 2. The van der Waals surface area contributed by atoms with Gasteiger partial charge in [0.25, 0.3) is 0 Å². The smallest absolute Gasteiger partial charge is 0.0152 e. The maximum Gasteiger partial charge on any atom is -0.0152 e. The van der Waals surface area contributed by atoms with Crippen molar-refractivity contribution in [1.29, 1.82) is 0 Å². The predicted molar refractivity (Wildman–Crippen MR) is 68.8 cm³/mol. The zero-order valence-corrected chi connectivity index (χ0v) is 10.2. The van der Waals surface area contributed by atoms with E-state index in [9.17, 15) is 0 Å². The monoisotopic (exact) mass is 284 g/mol. The lowest BCUT2D eigenvalue weighted by molar-refractivity contribution is 1.46. The molecule has 68 valence electrons. The van der Waals surface area contributed by atoms with Crippen molar-refractivity contribution in [3.05, 3.63) is 47.5 Å². The Labute approximate surface area is 96.0 Å². The summed E-state index contributed by atoms with van der Waals surface area (Å²) in [6, 6.07) is 12.9. The molecule has 2 aromatic rings. The van der Waals surface area contributed by atoms with Gasteiger partial charge in [0.2, 0.25) is 0 Å². The lowest BCUT2D eigenvalue weighted by Gasteiger charge is -2.03. The first-order valence-corrected chi connectivity index (χ1v) is 4.24. The van der Waals surface area contributed by atoms with E-state index < -0.39 is 0 Å². The summed E-state index contributed by atoms with van der Waals surface area (Å²) in [7, 11) is 0. The van der Waals surface area contributed by atoms with Gasteiger partial charge in [-0.1, -0.05) is 36.4 Å². The highest BCUT2D eigenvalue weighted by Crippen LogP contribution is 2.20. The summed E-state index contributed by atoms with van der Waals surface area (Å²) in [6.07, 6.45) is 0. The van der Waals surface area contributed by atoms with Crippen LogP contribution in [0.1, 0.15) is 11.1 Å². The molecule has 0 fully saturated rings. The third-order valence-electron chi connectivity index (χ3n) is 2.36. The molecule has 0 saturated heterocycles. The van der Waals surface area contributed by atoms with Crippen molar-refractivity contribution in [3.8, 4) is 0 Å². The average molecular weight is 284 g/mol. The Hall–Kier alpha value is -0.570. The summed E-state index contributed by atoms with van der Waals surface area (Å²) >= 11 is 0. The molecule has 13 heavy (non-hydrogen) atoms. The van der Waals surface area contributed by atoms with Gasteiger partial charge >= 0.3 is 0 Å². The summed E-state index contributed by atoms with van der Waals surface area (Å²) in [5.41, 5.74) is 2.72. The summed E-state index contributed by atoms with van der Waals surface area (Å²) in [6.45, 7) is 4.31. The van der Waals surface area contributed by atoms with E-state index in [4.69, 9.17) is 0 Å². The van der Waals surface area contributed by atoms with Crippen LogP contribution in [-0.2, 0) is 0 Å². The Kier molecular flexibility index (Phi) is 3.31. The van der Waals surface area contributed by atoms with Crippen molar-refractivity contribution in [2.75, 3.05) is 0 Å². The molecule has 0 spiro atoms. The van der Waals surface area contributed by atoms with E-state index >= 15 is 0 Å². The molecule has 2 aromatic carbocycles. The molecule has 2 rings (SSSR count). The number of benzene rings is 2. The molecule has 0 radical (unpaired) electrons. The first-order valence-electron chi connectivity index (χ1n) is 4.24. The first-order chi connectivity index (χ1) is 5.79. The van der Waals surface area contributed by atoms with Crippen LogP contribution in [0.25, 0.3) is 10.8 Å². The second-order valence-corrected chi connectivity index (χ2v) is 3.24. The van der Waals surface area contributed by atoms with Gasteiger partial charge in [0.1, 0.15) is 0 Å². The molecule has 0 aliphatic carbocycles. The van der Waals surface area contributed by atoms with Crippen molar-refractivity contribution >= 4 is 34.7 Å². The molecule has 0 aliphatic heterocycles. The molecule has 0 unspecified atom stereocenters. The molecule has 0 aromatic heterocycles. The number of fused-ring (bicyclic) bond motifs is 1. The zero-order chi connectivity index (χ0) is 8.55. The second kappa shape index (κ2) is 4.09. The van der Waals surface area contributed by atoms with Crippen molar-refractivity contribution < 1.29 is 0 Å². The Morgan fingerprint density at radius 3 is 1.46 bits per heavy atom. The van der Waals surface area contributed by atoms with Crippen LogP contribution in [0.4, 0.5) is 0 Å². The third-order valence-corrected chi connectivity index (χ3v) is 2.36. The standard InChI is InChI=1S/C12H12.HI/c1-9-7-8-10(2)12-6-4-3-5-11(9)12;/h3-8H,1-2H3;1H. The van der Waals surface area contributed by atoms with Gasteiger partial charge in [-0.25, -0.2) is 0 Å². The molecule has 0 aliphatic rings. The lowest BCUT2D eigenvalue weighted by Crippen LogP contribution is -1.80. The summed E-state index contributed by atoms with van der Waals surface area (Å²) in [4.78, 5) is 0. The highest BCUT2D eigenvalue weighted by molar-refractivity contribution is 14.0. The van der Waals surface area contributed by atoms with Crippen LogP contribution < -0.4 is 0 Å². The fourth-order valence-electron chi connectivity index (χ4n) is 1.60. The zero-order valence-electron chi connectivity index (χ0n) is 7.87. The molecule has 0 bridgehead atoms. The Balaban J connectivity index is 0.000000845. The van der Waals surface area contributed by atoms with Crippen LogP contribution in [0.3, 0.4) is 0 Å². The number of rotatable bonds is 0. The number of halogens is 1. The minimum atomic E-state index is 0. The van der Waals surface area contributed by atoms with Gasteiger partial charge in [0, 0.05) is 0 Å². The Morgan fingerprint density at radius 2 is 1.08 bits per heavy atom. The Bertz CT molecular complexity index is 378. The largest absolute Gasteiger partial charge is 0.107 e. The maximum absolute atomic E-state index is 2.18. The van der Waals surface area contributed by atoms with Gasteiger partial charge in [0.15, 0.2) is 0 Å². The van der Waals surface area contributed by atoms with Gasteiger partial charge < -0.3 is 0 Å². The van der Waals surface area contributed by atoms with E-state index in [1.807, 2.05) is 0 Å². The molecule has 1 heteroatoms. The highest BCUT2D eigenvalue weighted by atomic mass is 127. The van der Waals surface area contributed by atoms with Crippen LogP contribution >= 0.6 is 24.0 Å². The SMILES string of the molecule is Cc1ccc(C)c2ccccc12.I. The molecule has 0 saturated carbocycles. The van der Waals surface area contributed by atoms with E-state index in [0.717, 1.165) is 0 Å². The average Bonchev–Trinajstić information content (AvgIpc) is 2.12. The van der Waals surface area contributed by atoms with E-state index in [0.29, 0.717) is 0 Å². The third kappa shape index (κ3) is 1.85. The van der Waals surface area contributed by atoms with Gasteiger partial charge in [-0.05, 0) is 35.7 Å². The molecule has 0 heterocycles. The highest BCUT2D eigenvalue weighted by Gasteiger charge is 1.97. The van der Waals surface area contributed by atoms with Gasteiger partial charge in [-0.15, -0.1) is 24.0 Å². The normalized spacial score (nSPS) is 9.69. The minimum Gasteiger partial charge on any atom is -0.107 e. The van der Waals surface area contributed by atoms with Crippen molar-refractivity contribution in [3.63, 3.8) is 0 Å².